The van der Waals surface area contributed by atoms with E-state index in [9.17, 15) is 4.39 Å². The predicted octanol–water partition coefficient (Wildman–Crippen LogP) is 2.68. The Balaban J connectivity index is 2.69. The number of anilines is 1. The van der Waals surface area contributed by atoms with Crippen LogP contribution in [-0.4, -0.2) is 11.0 Å². The van der Waals surface area contributed by atoms with Crippen LogP contribution >= 0.6 is 0 Å². The Hall–Kier alpha value is -1.12. The van der Waals surface area contributed by atoms with E-state index >= 15 is 0 Å². The first kappa shape index (κ1) is 9.96. The lowest BCUT2D eigenvalue weighted by molar-refractivity contribution is 0.551. The molecule has 0 bridgehead atoms. The minimum Gasteiger partial charge on any atom is -0.380 e. The summed E-state index contributed by atoms with van der Waals surface area (Å²) in [6.45, 7) is 6.22. The fraction of sp³-hybridized carbons (Fsp3) is 0.500. The van der Waals surface area contributed by atoms with Gasteiger partial charge in [0.15, 0.2) is 5.82 Å². The molecular formula is C10H15FN2. The summed E-state index contributed by atoms with van der Waals surface area (Å²) in [6.07, 6.45) is 2.80. The average molecular weight is 182 g/mol. The van der Waals surface area contributed by atoms with E-state index in [2.05, 4.69) is 24.1 Å². The summed E-state index contributed by atoms with van der Waals surface area (Å²) in [7, 11) is 0. The Kier molecular flexibility index (Phi) is 3.23. The van der Waals surface area contributed by atoms with Crippen molar-refractivity contribution in [2.45, 2.75) is 26.8 Å². The van der Waals surface area contributed by atoms with Crippen molar-refractivity contribution >= 4 is 5.69 Å². The third kappa shape index (κ3) is 2.68. The van der Waals surface area contributed by atoms with Gasteiger partial charge in [0.1, 0.15) is 0 Å². The molecule has 0 aromatic carbocycles. The largest absolute Gasteiger partial charge is 0.380 e. The fourth-order valence-corrected chi connectivity index (χ4v) is 0.904. The second-order valence-electron chi connectivity index (χ2n) is 3.53. The molecule has 1 heterocycles. The summed E-state index contributed by atoms with van der Waals surface area (Å²) in [6, 6.07) is 1.91. The molecule has 0 spiro atoms. The SMILES string of the molecule is CC(C)C(C)Nc1ccncc1F. The molecule has 72 valence electrons. The maximum atomic E-state index is 13.1. The lowest BCUT2D eigenvalue weighted by Crippen LogP contribution is -2.22. The van der Waals surface area contributed by atoms with Crippen molar-refractivity contribution in [3.8, 4) is 0 Å². The standard InChI is InChI=1S/C10H15FN2/c1-7(2)8(3)13-10-4-5-12-6-9(10)11/h4-8H,1-3H3,(H,12,13). The monoisotopic (exact) mass is 182 g/mol. The number of halogens is 1. The van der Waals surface area contributed by atoms with E-state index in [1.54, 1.807) is 12.3 Å². The zero-order chi connectivity index (χ0) is 9.84. The Morgan fingerprint density at radius 1 is 1.38 bits per heavy atom. The van der Waals surface area contributed by atoms with Gasteiger partial charge in [0, 0.05) is 12.2 Å². The third-order valence-corrected chi connectivity index (χ3v) is 2.16. The van der Waals surface area contributed by atoms with Crippen LogP contribution in [0.5, 0.6) is 0 Å². The molecule has 1 rings (SSSR count). The molecule has 2 nitrogen and oxygen atoms in total. The molecular weight excluding hydrogens is 167 g/mol. The van der Waals surface area contributed by atoms with Crippen molar-refractivity contribution in [2.24, 2.45) is 5.92 Å². The number of pyridine rings is 1. The number of aromatic nitrogens is 1. The van der Waals surface area contributed by atoms with Gasteiger partial charge in [-0.2, -0.15) is 0 Å². The van der Waals surface area contributed by atoms with Crippen molar-refractivity contribution < 1.29 is 4.39 Å². The van der Waals surface area contributed by atoms with Crippen molar-refractivity contribution in [3.63, 3.8) is 0 Å². The molecule has 1 atom stereocenters. The van der Waals surface area contributed by atoms with Crippen molar-refractivity contribution in [1.82, 2.24) is 4.98 Å². The normalized spacial score (nSPS) is 13.0. The molecule has 1 unspecified atom stereocenters. The van der Waals surface area contributed by atoms with Gasteiger partial charge in [-0.25, -0.2) is 4.39 Å². The average Bonchev–Trinajstić information content (AvgIpc) is 2.08. The quantitative estimate of drug-likeness (QED) is 0.777. The molecule has 0 saturated heterocycles. The first-order chi connectivity index (χ1) is 6.11. The molecule has 3 heteroatoms. The molecule has 13 heavy (non-hydrogen) atoms. The highest BCUT2D eigenvalue weighted by atomic mass is 19.1. The van der Waals surface area contributed by atoms with Gasteiger partial charge in [0.25, 0.3) is 0 Å². The molecule has 1 aromatic rings. The van der Waals surface area contributed by atoms with Gasteiger partial charge >= 0.3 is 0 Å². The summed E-state index contributed by atoms with van der Waals surface area (Å²) < 4.78 is 13.1. The molecule has 0 aliphatic rings. The number of hydrogen-bond donors (Lipinski definition) is 1. The summed E-state index contributed by atoms with van der Waals surface area (Å²) >= 11 is 0. The van der Waals surface area contributed by atoms with Crippen LogP contribution in [0.15, 0.2) is 18.5 Å². The molecule has 0 aliphatic carbocycles. The molecule has 1 N–H and O–H groups in total. The molecule has 0 saturated carbocycles. The van der Waals surface area contributed by atoms with Crippen molar-refractivity contribution in [1.29, 1.82) is 0 Å². The summed E-state index contributed by atoms with van der Waals surface area (Å²) in [5, 5.41) is 3.09. The van der Waals surface area contributed by atoms with Crippen LogP contribution in [0.2, 0.25) is 0 Å². The first-order valence-electron chi connectivity index (χ1n) is 4.47. The summed E-state index contributed by atoms with van der Waals surface area (Å²) in [5.74, 6) is 0.183. The maximum absolute atomic E-state index is 13.1. The van der Waals surface area contributed by atoms with Gasteiger partial charge in [-0.15, -0.1) is 0 Å². The Bertz CT molecular complexity index is 273. The molecule has 0 radical (unpaired) electrons. The van der Waals surface area contributed by atoms with Gasteiger partial charge in [0.05, 0.1) is 11.9 Å². The second-order valence-corrected chi connectivity index (χ2v) is 3.53. The summed E-state index contributed by atoms with van der Waals surface area (Å²) in [4.78, 5) is 3.68. The van der Waals surface area contributed by atoms with Gasteiger partial charge < -0.3 is 5.32 Å². The number of rotatable bonds is 3. The van der Waals surface area contributed by atoms with Crippen LogP contribution in [-0.2, 0) is 0 Å². The molecule has 0 fully saturated rings. The highest BCUT2D eigenvalue weighted by Crippen LogP contribution is 2.14. The van der Waals surface area contributed by atoms with Crippen LogP contribution in [0.1, 0.15) is 20.8 Å². The lowest BCUT2D eigenvalue weighted by atomic mass is 10.1. The van der Waals surface area contributed by atoms with Crippen LogP contribution in [0, 0.1) is 11.7 Å². The fourth-order valence-electron chi connectivity index (χ4n) is 0.904. The van der Waals surface area contributed by atoms with E-state index in [1.807, 2.05) is 6.92 Å². The molecule has 1 aromatic heterocycles. The molecule has 0 aliphatic heterocycles. The van der Waals surface area contributed by atoms with E-state index in [0.717, 1.165) is 0 Å². The van der Waals surface area contributed by atoms with Gasteiger partial charge in [-0.1, -0.05) is 13.8 Å². The Morgan fingerprint density at radius 3 is 2.62 bits per heavy atom. The highest BCUT2D eigenvalue weighted by Gasteiger charge is 2.08. The minimum atomic E-state index is -0.296. The van der Waals surface area contributed by atoms with E-state index in [-0.39, 0.29) is 11.9 Å². The van der Waals surface area contributed by atoms with Crippen LogP contribution in [0.25, 0.3) is 0 Å². The van der Waals surface area contributed by atoms with Crippen LogP contribution in [0.3, 0.4) is 0 Å². The smallest absolute Gasteiger partial charge is 0.164 e. The zero-order valence-electron chi connectivity index (χ0n) is 8.21. The third-order valence-electron chi connectivity index (χ3n) is 2.16. The summed E-state index contributed by atoms with van der Waals surface area (Å²) in [5.41, 5.74) is 0.524. The van der Waals surface area contributed by atoms with Crippen molar-refractivity contribution in [3.05, 3.63) is 24.3 Å². The van der Waals surface area contributed by atoms with E-state index in [1.165, 1.54) is 6.20 Å². The topological polar surface area (TPSA) is 24.9 Å². The lowest BCUT2D eigenvalue weighted by Gasteiger charge is -2.18. The first-order valence-corrected chi connectivity index (χ1v) is 4.47. The molecule has 0 amide bonds. The predicted molar refractivity (Wildman–Crippen MR) is 52.1 cm³/mol. The Labute approximate surface area is 78.2 Å². The minimum absolute atomic E-state index is 0.261. The number of nitrogens with zero attached hydrogens (tertiary/aromatic N) is 1. The van der Waals surface area contributed by atoms with Crippen molar-refractivity contribution in [2.75, 3.05) is 5.32 Å². The second kappa shape index (κ2) is 4.21. The van der Waals surface area contributed by atoms with E-state index < -0.39 is 0 Å². The van der Waals surface area contributed by atoms with E-state index in [0.29, 0.717) is 11.6 Å². The maximum Gasteiger partial charge on any atom is 0.164 e. The van der Waals surface area contributed by atoms with E-state index in [4.69, 9.17) is 0 Å². The highest BCUT2D eigenvalue weighted by molar-refractivity contribution is 5.43. The van der Waals surface area contributed by atoms with Gasteiger partial charge in [0.2, 0.25) is 0 Å². The zero-order valence-corrected chi connectivity index (χ0v) is 8.21. The van der Waals surface area contributed by atoms with Crippen LogP contribution in [0.4, 0.5) is 10.1 Å². The Morgan fingerprint density at radius 2 is 2.08 bits per heavy atom. The van der Waals surface area contributed by atoms with Gasteiger partial charge in [-0.3, -0.25) is 4.98 Å². The van der Waals surface area contributed by atoms with Crippen LogP contribution < -0.4 is 5.32 Å². The number of nitrogens with one attached hydrogen (secondary N) is 1. The number of hydrogen-bond acceptors (Lipinski definition) is 2. The van der Waals surface area contributed by atoms with Gasteiger partial charge in [-0.05, 0) is 18.9 Å².